The Bertz CT molecular complexity index is 1080. The van der Waals surface area contributed by atoms with E-state index < -0.39 is 0 Å². The molecule has 0 fully saturated rings. The van der Waals surface area contributed by atoms with Crippen LogP contribution in [0.3, 0.4) is 0 Å². The normalized spacial score (nSPS) is 10.6. The largest absolute Gasteiger partial charge is 0.384 e. The van der Waals surface area contributed by atoms with Crippen molar-refractivity contribution in [1.29, 1.82) is 5.41 Å². The third kappa shape index (κ3) is 3.99. The van der Waals surface area contributed by atoms with Gasteiger partial charge in [-0.1, -0.05) is 6.07 Å². The summed E-state index contributed by atoms with van der Waals surface area (Å²) < 4.78 is 4.14. The average molecular weight is 396 g/mol. The number of hydrogen-bond donors (Lipinski definition) is 3. The standard InChI is InChI=1S/C20H21N7.ClH/c1-26-18-7-2-14(12-27-9-8-23-13-27)10-17(18)25-19(26)11-24-16-5-3-15(4-6-16)20(21)22;/h2-10,13,24H,11-12H2,1H3,(H3,21,22);1H. The van der Waals surface area contributed by atoms with Gasteiger partial charge >= 0.3 is 0 Å². The third-order valence-corrected chi connectivity index (χ3v) is 4.61. The summed E-state index contributed by atoms with van der Waals surface area (Å²) in [7, 11) is 2.03. The van der Waals surface area contributed by atoms with Crippen LogP contribution in [0.1, 0.15) is 17.0 Å². The van der Waals surface area contributed by atoms with Crippen LogP contribution in [0.2, 0.25) is 0 Å². The van der Waals surface area contributed by atoms with E-state index in [4.69, 9.17) is 16.1 Å². The fraction of sp³-hybridized carbons (Fsp3) is 0.150. The number of nitrogens with one attached hydrogen (secondary N) is 2. The third-order valence-electron chi connectivity index (χ3n) is 4.61. The molecule has 7 nitrogen and oxygen atoms in total. The molecule has 4 rings (SSSR count). The maximum atomic E-state index is 7.45. The minimum atomic E-state index is 0. The number of halogens is 1. The molecule has 0 saturated carbocycles. The lowest BCUT2D eigenvalue weighted by Gasteiger charge is -2.07. The number of aryl methyl sites for hydroxylation is 1. The smallest absolute Gasteiger partial charge is 0.128 e. The van der Waals surface area contributed by atoms with Crippen LogP contribution < -0.4 is 11.1 Å². The molecule has 144 valence electrons. The van der Waals surface area contributed by atoms with Gasteiger partial charge in [0.2, 0.25) is 0 Å². The summed E-state index contributed by atoms with van der Waals surface area (Å²) in [5.74, 6) is 1.03. The summed E-state index contributed by atoms with van der Waals surface area (Å²) in [5.41, 5.74) is 10.5. The van der Waals surface area contributed by atoms with Crippen LogP contribution >= 0.6 is 12.4 Å². The Kier molecular flexibility index (Phi) is 5.65. The first kappa shape index (κ1) is 19.4. The van der Waals surface area contributed by atoms with Gasteiger partial charge in [-0.05, 0) is 42.0 Å². The van der Waals surface area contributed by atoms with E-state index in [1.807, 2.05) is 48.4 Å². The van der Waals surface area contributed by atoms with Crippen molar-refractivity contribution in [2.75, 3.05) is 5.32 Å². The number of benzene rings is 2. The summed E-state index contributed by atoms with van der Waals surface area (Å²) in [5, 5.41) is 10.8. The van der Waals surface area contributed by atoms with E-state index >= 15 is 0 Å². The maximum absolute atomic E-state index is 7.45. The maximum Gasteiger partial charge on any atom is 0.128 e. The van der Waals surface area contributed by atoms with E-state index in [2.05, 4.69) is 33.1 Å². The van der Waals surface area contributed by atoms with Gasteiger partial charge in [0.25, 0.3) is 0 Å². The van der Waals surface area contributed by atoms with Gasteiger partial charge in [0, 0.05) is 37.2 Å². The quantitative estimate of drug-likeness (QED) is 0.345. The second kappa shape index (κ2) is 8.14. The van der Waals surface area contributed by atoms with Crippen molar-refractivity contribution in [3.63, 3.8) is 0 Å². The molecule has 2 heterocycles. The van der Waals surface area contributed by atoms with Crippen molar-refractivity contribution in [3.05, 3.63) is 78.1 Å². The van der Waals surface area contributed by atoms with Crippen molar-refractivity contribution < 1.29 is 0 Å². The Hall–Kier alpha value is -3.32. The van der Waals surface area contributed by atoms with Crippen LogP contribution in [-0.2, 0) is 20.1 Å². The summed E-state index contributed by atoms with van der Waals surface area (Å²) in [6.45, 7) is 1.39. The van der Waals surface area contributed by atoms with Crippen LogP contribution in [0.15, 0.2) is 61.2 Å². The molecule has 0 aliphatic carbocycles. The van der Waals surface area contributed by atoms with Gasteiger partial charge in [0.1, 0.15) is 11.7 Å². The SMILES string of the molecule is Cl.Cn1c(CNc2ccc(C(=N)N)cc2)nc2cc(Cn3ccnc3)ccc21. The van der Waals surface area contributed by atoms with Crippen LogP contribution in [0, 0.1) is 5.41 Å². The molecule has 2 aromatic carbocycles. The van der Waals surface area contributed by atoms with Gasteiger partial charge in [-0.25, -0.2) is 9.97 Å². The lowest BCUT2D eigenvalue weighted by molar-refractivity contribution is 0.798. The van der Waals surface area contributed by atoms with E-state index in [9.17, 15) is 0 Å². The van der Waals surface area contributed by atoms with Crippen LogP contribution in [-0.4, -0.2) is 24.9 Å². The van der Waals surface area contributed by atoms with Gasteiger partial charge < -0.3 is 20.2 Å². The number of rotatable bonds is 6. The molecular weight excluding hydrogens is 374 g/mol. The number of aromatic nitrogens is 4. The second-order valence-corrected chi connectivity index (χ2v) is 6.49. The zero-order valence-corrected chi connectivity index (χ0v) is 16.3. The number of anilines is 1. The van der Waals surface area contributed by atoms with Gasteiger partial charge in [-0.15, -0.1) is 12.4 Å². The lowest BCUT2D eigenvalue weighted by Crippen LogP contribution is -2.11. The topological polar surface area (TPSA) is 97.5 Å². The van der Waals surface area contributed by atoms with Gasteiger partial charge in [-0.2, -0.15) is 0 Å². The van der Waals surface area contributed by atoms with Crippen LogP contribution in [0.4, 0.5) is 5.69 Å². The zero-order chi connectivity index (χ0) is 18.8. The summed E-state index contributed by atoms with van der Waals surface area (Å²) in [6.07, 6.45) is 5.55. The Balaban J connectivity index is 0.00000225. The molecule has 0 unspecified atom stereocenters. The number of amidine groups is 1. The molecule has 4 aromatic rings. The fourth-order valence-corrected chi connectivity index (χ4v) is 3.09. The van der Waals surface area contributed by atoms with Crippen molar-refractivity contribution in [3.8, 4) is 0 Å². The monoisotopic (exact) mass is 395 g/mol. The Morgan fingerprint density at radius 3 is 2.64 bits per heavy atom. The van der Waals surface area contributed by atoms with E-state index in [1.54, 1.807) is 6.20 Å². The summed E-state index contributed by atoms with van der Waals surface area (Å²) in [4.78, 5) is 8.87. The highest BCUT2D eigenvalue weighted by molar-refractivity contribution is 5.95. The predicted octanol–water partition coefficient (Wildman–Crippen LogP) is 3.14. The number of fused-ring (bicyclic) bond motifs is 1. The minimum absolute atomic E-state index is 0. The summed E-state index contributed by atoms with van der Waals surface area (Å²) >= 11 is 0. The molecule has 0 atom stereocenters. The van der Waals surface area contributed by atoms with Crippen molar-refractivity contribution in [2.24, 2.45) is 12.8 Å². The summed E-state index contributed by atoms with van der Waals surface area (Å²) in [6, 6.07) is 13.9. The first-order valence-corrected chi connectivity index (χ1v) is 8.68. The molecule has 0 aliphatic heterocycles. The predicted molar refractivity (Wildman–Crippen MR) is 114 cm³/mol. The highest BCUT2D eigenvalue weighted by Crippen LogP contribution is 2.19. The first-order chi connectivity index (χ1) is 13.1. The molecule has 0 bridgehead atoms. The molecule has 0 saturated heterocycles. The Morgan fingerprint density at radius 1 is 1.18 bits per heavy atom. The van der Waals surface area contributed by atoms with Crippen molar-refractivity contribution in [2.45, 2.75) is 13.1 Å². The van der Waals surface area contributed by atoms with E-state index in [-0.39, 0.29) is 18.2 Å². The minimum Gasteiger partial charge on any atom is -0.384 e. The van der Waals surface area contributed by atoms with Crippen LogP contribution in [0.25, 0.3) is 11.0 Å². The van der Waals surface area contributed by atoms with E-state index in [0.29, 0.717) is 12.1 Å². The number of imidazole rings is 2. The van der Waals surface area contributed by atoms with Gasteiger partial charge in [-0.3, -0.25) is 5.41 Å². The molecule has 8 heteroatoms. The number of nitrogens with two attached hydrogens (primary N) is 1. The molecule has 0 aliphatic rings. The number of hydrogen-bond acceptors (Lipinski definition) is 4. The second-order valence-electron chi connectivity index (χ2n) is 6.49. The molecule has 0 spiro atoms. The van der Waals surface area contributed by atoms with Crippen molar-refractivity contribution >= 4 is 35.0 Å². The zero-order valence-electron chi connectivity index (χ0n) is 15.5. The Morgan fingerprint density at radius 2 is 1.96 bits per heavy atom. The fourth-order valence-electron chi connectivity index (χ4n) is 3.09. The van der Waals surface area contributed by atoms with E-state index in [0.717, 1.165) is 29.1 Å². The average Bonchev–Trinajstić information content (AvgIpc) is 3.28. The van der Waals surface area contributed by atoms with Gasteiger partial charge in [0.15, 0.2) is 0 Å². The number of nitrogens with zero attached hydrogens (tertiary/aromatic N) is 4. The molecule has 0 radical (unpaired) electrons. The molecule has 2 aromatic heterocycles. The lowest BCUT2D eigenvalue weighted by atomic mass is 10.2. The molecule has 0 amide bonds. The molecule has 28 heavy (non-hydrogen) atoms. The highest BCUT2D eigenvalue weighted by atomic mass is 35.5. The molecular formula is C20H22ClN7. The number of nitrogen functional groups attached to an aromatic ring is 1. The van der Waals surface area contributed by atoms with Crippen LogP contribution in [0.5, 0.6) is 0 Å². The van der Waals surface area contributed by atoms with Crippen molar-refractivity contribution in [1.82, 2.24) is 19.1 Å². The van der Waals surface area contributed by atoms with E-state index in [1.165, 1.54) is 5.56 Å². The molecule has 4 N–H and O–H groups in total. The highest BCUT2D eigenvalue weighted by Gasteiger charge is 2.09. The first-order valence-electron chi connectivity index (χ1n) is 8.68. The Labute approximate surface area is 169 Å². The van der Waals surface area contributed by atoms with Gasteiger partial charge in [0.05, 0.1) is 23.9 Å².